The highest BCUT2D eigenvalue weighted by atomic mass is 16.6. The van der Waals surface area contributed by atoms with Gasteiger partial charge in [0.1, 0.15) is 0 Å². The highest BCUT2D eigenvalue weighted by molar-refractivity contribution is 5.81. The zero-order valence-corrected chi connectivity index (χ0v) is 11.4. The molecule has 1 heterocycles. The molecule has 0 spiro atoms. The third-order valence-electron chi connectivity index (χ3n) is 3.22. The van der Waals surface area contributed by atoms with Gasteiger partial charge in [0.2, 0.25) is 5.91 Å². The van der Waals surface area contributed by atoms with Gasteiger partial charge in [0.25, 0.3) is 0 Å². The van der Waals surface area contributed by atoms with Gasteiger partial charge in [-0.15, -0.1) is 0 Å². The molecular weight excluding hydrogens is 260 g/mol. The van der Waals surface area contributed by atoms with Crippen LogP contribution >= 0.6 is 0 Å². The van der Waals surface area contributed by atoms with Crippen molar-refractivity contribution in [1.82, 2.24) is 4.90 Å². The molecule has 1 atom stereocenters. The lowest BCUT2D eigenvalue weighted by atomic mass is 10.1. The van der Waals surface area contributed by atoms with Gasteiger partial charge in [-0.05, 0) is 17.7 Å². The number of nitrogen functional groups attached to an aromatic ring is 1. The van der Waals surface area contributed by atoms with Gasteiger partial charge < -0.3 is 20.1 Å². The normalized spacial score (nSPS) is 18.6. The lowest BCUT2D eigenvalue weighted by molar-refractivity contribution is -0.162. The fraction of sp³-hybridized carbons (Fsp3) is 0.429. The Labute approximate surface area is 117 Å². The number of morpholine rings is 1. The van der Waals surface area contributed by atoms with Crippen LogP contribution in [0.25, 0.3) is 0 Å². The predicted molar refractivity (Wildman–Crippen MR) is 72.9 cm³/mol. The minimum atomic E-state index is -0.691. The first kappa shape index (κ1) is 14.3. The average molecular weight is 278 g/mol. The Hall–Kier alpha value is -2.08. The Kier molecular flexibility index (Phi) is 4.57. The number of hydrogen-bond donors (Lipinski definition) is 1. The van der Waals surface area contributed by atoms with Gasteiger partial charge >= 0.3 is 5.97 Å². The van der Waals surface area contributed by atoms with Crippen LogP contribution in [0.3, 0.4) is 0 Å². The van der Waals surface area contributed by atoms with Crippen molar-refractivity contribution in [1.29, 1.82) is 0 Å². The Balaban J connectivity index is 1.95. The maximum atomic E-state index is 12.2. The molecule has 1 aromatic carbocycles. The molecular formula is C14H18N2O4. The summed E-state index contributed by atoms with van der Waals surface area (Å²) in [5.41, 5.74) is 7.16. The van der Waals surface area contributed by atoms with Crippen LogP contribution in [0.4, 0.5) is 5.69 Å². The van der Waals surface area contributed by atoms with Crippen molar-refractivity contribution in [3.8, 4) is 0 Å². The van der Waals surface area contributed by atoms with Crippen molar-refractivity contribution >= 4 is 17.6 Å². The van der Waals surface area contributed by atoms with Crippen molar-refractivity contribution in [2.75, 3.05) is 32.5 Å². The van der Waals surface area contributed by atoms with Gasteiger partial charge in [-0.3, -0.25) is 4.79 Å². The zero-order chi connectivity index (χ0) is 14.5. The lowest BCUT2D eigenvalue weighted by Crippen LogP contribution is -2.49. The SMILES string of the molecule is COC(=O)C1CN(C(=O)Cc2ccc(N)cc2)CCO1. The van der Waals surface area contributed by atoms with Gasteiger partial charge in [-0.25, -0.2) is 4.79 Å². The van der Waals surface area contributed by atoms with E-state index in [2.05, 4.69) is 4.74 Å². The van der Waals surface area contributed by atoms with E-state index in [1.54, 1.807) is 17.0 Å². The van der Waals surface area contributed by atoms with Gasteiger partial charge in [-0.2, -0.15) is 0 Å². The van der Waals surface area contributed by atoms with Crippen LogP contribution in [0.15, 0.2) is 24.3 Å². The molecule has 108 valence electrons. The topological polar surface area (TPSA) is 81.9 Å². The second-order valence-corrected chi connectivity index (χ2v) is 4.64. The van der Waals surface area contributed by atoms with E-state index in [1.165, 1.54) is 7.11 Å². The van der Waals surface area contributed by atoms with Gasteiger partial charge in [0.15, 0.2) is 6.10 Å². The number of rotatable bonds is 3. The highest BCUT2D eigenvalue weighted by Gasteiger charge is 2.29. The minimum absolute atomic E-state index is 0.0352. The summed E-state index contributed by atoms with van der Waals surface area (Å²) in [5.74, 6) is -0.484. The third kappa shape index (κ3) is 3.48. The van der Waals surface area contributed by atoms with Crippen LogP contribution in [0.5, 0.6) is 0 Å². The molecule has 1 fully saturated rings. The standard InChI is InChI=1S/C14H18N2O4/c1-19-14(18)12-9-16(6-7-20-12)13(17)8-10-2-4-11(15)5-3-10/h2-5,12H,6-9,15H2,1H3. The average Bonchev–Trinajstić information content (AvgIpc) is 2.49. The lowest BCUT2D eigenvalue weighted by Gasteiger charge is -2.31. The molecule has 1 aliphatic rings. The third-order valence-corrected chi connectivity index (χ3v) is 3.22. The first-order valence-electron chi connectivity index (χ1n) is 6.42. The molecule has 6 heteroatoms. The summed E-state index contributed by atoms with van der Waals surface area (Å²) in [7, 11) is 1.31. The molecule has 1 aliphatic heterocycles. The summed E-state index contributed by atoms with van der Waals surface area (Å²) in [6.07, 6.45) is -0.405. The number of esters is 1. The summed E-state index contributed by atoms with van der Waals surface area (Å²) >= 11 is 0. The number of hydrogen-bond acceptors (Lipinski definition) is 5. The monoisotopic (exact) mass is 278 g/mol. The summed E-state index contributed by atoms with van der Waals surface area (Å²) in [6.45, 7) is 1.06. The van der Waals surface area contributed by atoms with E-state index < -0.39 is 12.1 Å². The van der Waals surface area contributed by atoms with E-state index in [1.807, 2.05) is 12.1 Å². The molecule has 0 bridgehead atoms. The van der Waals surface area contributed by atoms with Crippen LogP contribution < -0.4 is 5.73 Å². The largest absolute Gasteiger partial charge is 0.467 e. The fourth-order valence-electron chi connectivity index (χ4n) is 2.07. The van der Waals surface area contributed by atoms with Crippen molar-refractivity contribution in [2.45, 2.75) is 12.5 Å². The van der Waals surface area contributed by atoms with E-state index >= 15 is 0 Å². The Bertz CT molecular complexity index is 486. The molecule has 2 rings (SSSR count). The smallest absolute Gasteiger partial charge is 0.336 e. The molecule has 1 aromatic rings. The maximum Gasteiger partial charge on any atom is 0.336 e. The molecule has 0 radical (unpaired) electrons. The van der Waals surface area contributed by atoms with Crippen molar-refractivity contribution in [2.24, 2.45) is 0 Å². The predicted octanol–water partition coefficient (Wildman–Crippen LogP) is 0.212. The Morgan fingerprint density at radius 3 is 2.75 bits per heavy atom. The summed E-state index contributed by atoms with van der Waals surface area (Å²) in [4.78, 5) is 25.3. The van der Waals surface area contributed by atoms with Crippen LogP contribution in [0.1, 0.15) is 5.56 Å². The molecule has 1 unspecified atom stereocenters. The van der Waals surface area contributed by atoms with Gasteiger partial charge in [-0.1, -0.05) is 12.1 Å². The second-order valence-electron chi connectivity index (χ2n) is 4.64. The number of benzene rings is 1. The van der Waals surface area contributed by atoms with Crippen LogP contribution in [-0.4, -0.2) is 49.7 Å². The number of anilines is 1. The number of nitrogens with zero attached hydrogens (tertiary/aromatic N) is 1. The molecule has 20 heavy (non-hydrogen) atoms. The fourth-order valence-corrected chi connectivity index (χ4v) is 2.07. The van der Waals surface area contributed by atoms with Crippen LogP contribution in [0, 0.1) is 0 Å². The van der Waals surface area contributed by atoms with E-state index in [-0.39, 0.29) is 18.9 Å². The molecule has 0 aromatic heterocycles. The first-order chi connectivity index (χ1) is 9.60. The van der Waals surface area contributed by atoms with E-state index in [0.717, 1.165) is 5.56 Å². The molecule has 0 saturated carbocycles. The molecule has 2 N–H and O–H groups in total. The van der Waals surface area contributed by atoms with Crippen molar-refractivity contribution in [3.05, 3.63) is 29.8 Å². The number of nitrogens with two attached hydrogens (primary N) is 1. The minimum Gasteiger partial charge on any atom is -0.467 e. The van der Waals surface area contributed by atoms with Gasteiger partial charge in [0.05, 0.1) is 26.7 Å². The van der Waals surface area contributed by atoms with Crippen LogP contribution in [-0.2, 0) is 25.5 Å². The van der Waals surface area contributed by atoms with Gasteiger partial charge in [0, 0.05) is 12.2 Å². The van der Waals surface area contributed by atoms with E-state index in [4.69, 9.17) is 10.5 Å². The van der Waals surface area contributed by atoms with Crippen LogP contribution in [0.2, 0.25) is 0 Å². The number of carbonyl (C=O) groups excluding carboxylic acids is 2. The Morgan fingerprint density at radius 2 is 2.10 bits per heavy atom. The van der Waals surface area contributed by atoms with Crippen molar-refractivity contribution in [3.63, 3.8) is 0 Å². The van der Waals surface area contributed by atoms with E-state index in [9.17, 15) is 9.59 Å². The summed E-state index contributed by atoms with van der Waals surface area (Å²) in [6, 6.07) is 7.18. The number of amides is 1. The molecule has 1 amide bonds. The number of methoxy groups -OCH3 is 1. The highest BCUT2D eigenvalue weighted by Crippen LogP contribution is 2.11. The molecule has 1 saturated heterocycles. The van der Waals surface area contributed by atoms with Crippen molar-refractivity contribution < 1.29 is 19.1 Å². The van der Waals surface area contributed by atoms with E-state index in [0.29, 0.717) is 18.8 Å². The molecule has 6 nitrogen and oxygen atoms in total. The quantitative estimate of drug-likeness (QED) is 0.631. The number of ether oxygens (including phenoxy) is 2. The first-order valence-corrected chi connectivity index (χ1v) is 6.42. The number of carbonyl (C=O) groups is 2. The summed E-state index contributed by atoms with van der Waals surface area (Å²) in [5, 5.41) is 0. The second kappa shape index (κ2) is 6.38. The zero-order valence-electron chi connectivity index (χ0n) is 11.4. The molecule has 0 aliphatic carbocycles. The summed E-state index contributed by atoms with van der Waals surface area (Å²) < 4.78 is 9.93. The Morgan fingerprint density at radius 1 is 1.40 bits per heavy atom. The maximum absolute atomic E-state index is 12.2.